The third kappa shape index (κ3) is 9.51. The maximum atomic E-state index is 11.9. The van der Waals surface area contributed by atoms with Gasteiger partial charge in [-0.25, -0.2) is 4.79 Å². The average Bonchev–Trinajstić information content (AvgIpc) is 3.37. The van der Waals surface area contributed by atoms with Crippen molar-refractivity contribution < 1.29 is 26.3 Å². The van der Waals surface area contributed by atoms with E-state index in [0.717, 1.165) is 5.31 Å². The Balaban J connectivity index is 0.000000574. The SMILES string of the molecule is [2H]C([2H])(C#N)[C@H]1CCCN1C(=O)OC(C)(C)C.[2H]Cl.[2H]OC(=O)C([2H])([2H])[C@H]1CCCN1[2H]. The van der Waals surface area contributed by atoms with E-state index in [1.807, 2.05) is 0 Å². The molecule has 144 valence electrons. The van der Waals surface area contributed by atoms with E-state index in [-0.39, 0.29) is 0 Å². The van der Waals surface area contributed by atoms with Crippen molar-refractivity contribution in [2.24, 2.45) is 0 Å². The van der Waals surface area contributed by atoms with Gasteiger partial charge in [-0.1, -0.05) is 0 Å². The lowest BCUT2D eigenvalue weighted by atomic mass is 10.2. The maximum absolute atomic E-state index is 11.9. The highest BCUT2D eigenvalue weighted by Gasteiger charge is 2.31. The van der Waals surface area contributed by atoms with Gasteiger partial charge in [0.05, 0.1) is 18.8 Å². The van der Waals surface area contributed by atoms with Crippen LogP contribution < -0.4 is 5.31 Å². The van der Waals surface area contributed by atoms with Crippen LogP contribution in [0.2, 0.25) is 1.41 Å². The van der Waals surface area contributed by atoms with Gasteiger partial charge in [-0.2, -0.15) is 5.26 Å². The zero-order valence-electron chi connectivity index (χ0n) is 21.7. The van der Waals surface area contributed by atoms with E-state index in [2.05, 4.69) is 17.4 Å². The molecule has 0 radical (unpaired) electrons. The third-order valence-electron chi connectivity index (χ3n) is 3.38. The van der Waals surface area contributed by atoms with Crippen molar-refractivity contribution in [3.05, 3.63) is 0 Å². The van der Waals surface area contributed by atoms with Crippen LogP contribution in [0.15, 0.2) is 0 Å². The third-order valence-corrected chi connectivity index (χ3v) is 3.38. The van der Waals surface area contributed by atoms with Gasteiger partial charge in [0.2, 0.25) is 0 Å². The minimum Gasteiger partial charge on any atom is -0.481 e. The predicted molar refractivity (Wildman–Crippen MR) is 96.7 cm³/mol. The molecule has 25 heavy (non-hydrogen) atoms. The molecule has 2 heterocycles. The Morgan fingerprint density at radius 3 is 2.76 bits per heavy atom. The van der Waals surface area contributed by atoms with Crippen LogP contribution in [0, 0.1) is 11.3 Å². The highest BCUT2D eigenvalue weighted by molar-refractivity contribution is 5.85. The van der Waals surface area contributed by atoms with Crippen molar-refractivity contribution >= 4 is 24.4 Å². The quantitative estimate of drug-likeness (QED) is 0.777. The first-order chi connectivity index (χ1) is 14.7. The second-order valence-corrected chi connectivity index (χ2v) is 6.58. The Morgan fingerprint density at radius 2 is 2.24 bits per heavy atom. The number of halogens is 1. The topological polar surface area (TPSA) is 103 Å². The Kier molecular flexibility index (Phi) is 6.10. The van der Waals surface area contributed by atoms with E-state index >= 15 is 0 Å². The second kappa shape index (κ2) is 11.2. The molecular weight excluding hydrogens is 346 g/mol. The van der Waals surface area contributed by atoms with Crippen LogP contribution in [-0.4, -0.2) is 54.0 Å². The number of nitrogens with one attached hydrogen (secondary N) is 1. The molecule has 2 aliphatic heterocycles. The molecule has 2 rings (SSSR count). The summed E-state index contributed by atoms with van der Waals surface area (Å²) in [5.41, 5.74) is -0.608. The summed E-state index contributed by atoms with van der Waals surface area (Å²) in [6, 6.07) is 0.122. The predicted octanol–water partition coefficient (Wildman–Crippen LogP) is 2.93. The molecule has 0 saturated carbocycles. The number of carboxylic acid groups (broad SMARTS) is 1. The number of ether oxygens (including phenoxy) is 1. The number of carbonyl (C=O) groups is 2. The van der Waals surface area contributed by atoms with Gasteiger partial charge < -0.3 is 20.1 Å². The maximum Gasteiger partial charge on any atom is 0.410 e. The fourth-order valence-corrected chi connectivity index (χ4v) is 2.41. The van der Waals surface area contributed by atoms with Crippen LogP contribution >= 0.6 is 12.3 Å². The number of nitrogens with zero attached hydrogens (tertiary/aromatic N) is 2. The lowest BCUT2D eigenvalue weighted by Crippen LogP contribution is -2.39. The van der Waals surface area contributed by atoms with Gasteiger partial charge in [0.25, 0.3) is 1.43 Å². The number of nitriles is 1. The molecule has 0 unspecified atom stereocenters. The molecule has 2 aliphatic rings. The van der Waals surface area contributed by atoms with Gasteiger partial charge in [0.15, 0.2) is 0 Å². The van der Waals surface area contributed by atoms with Crippen LogP contribution in [0.5, 0.6) is 0 Å². The number of carboxylic acids is 1. The van der Waals surface area contributed by atoms with E-state index in [0.29, 0.717) is 38.8 Å². The van der Waals surface area contributed by atoms with E-state index in [4.69, 9.17) is 19.5 Å². The van der Waals surface area contributed by atoms with Crippen LogP contribution in [0.1, 0.15) is 64.7 Å². The highest BCUT2D eigenvalue weighted by Crippen LogP contribution is 2.22. The lowest BCUT2D eigenvalue weighted by Gasteiger charge is -2.27. The number of amides is 1. The normalized spacial score (nSPS) is 27.8. The fraction of sp³-hybridized carbons (Fsp3) is 0.824. The van der Waals surface area contributed by atoms with Crippen LogP contribution in [0.3, 0.4) is 0 Å². The van der Waals surface area contributed by atoms with Crippen molar-refractivity contribution in [3.63, 3.8) is 0 Å². The Morgan fingerprint density at radius 1 is 1.52 bits per heavy atom. The first kappa shape index (κ1) is 13.7. The smallest absolute Gasteiger partial charge is 0.410 e. The monoisotopic (exact) mass is 382 g/mol. The minimum atomic E-state index is -2.25. The summed E-state index contributed by atoms with van der Waals surface area (Å²) in [5, 5.41) is 13.4. The zero-order chi connectivity index (χ0) is 25.3. The summed E-state index contributed by atoms with van der Waals surface area (Å²) in [6.45, 7) is 6.18. The number of hydrogen-bond acceptors (Lipinski definition) is 6. The van der Waals surface area contributed by atoms with Gasteiger partial charge in [0.1, 0.15) is 8.19 Å². The van der Waals surface area contributed by atoms with E-state index in [1.54, 1.807) is 26.8 Å². The largest absolute Gasteiger partial charge is 0.481 e. The van der Waals surface area contributed by atoms with Gasteiger partial charge in [0, 0.05) is 24.1 Å². The molecule has 0 aromatic carbocycles. The number of likely N-dealkylation sites (tertiary alicyclic amines) is 1. The van der Waals surface area contributed by atoms with E-state index in [1.165, 1.54) is 4.90 Å². The molecule has 2 atom stereocenters. The summed E-state index contributed by atoms with van der Waals surface area (Å²) < 4.78 is 54.0. The van der Waals surface area contributed by atoms with Crippen LogP contribution in [0.4, 0.5) is 4.79 Å². The first-order valence-corrected chi connectivity index (χ1v) is 8.01. The lowest BCUT2D eigenvalue weighted by molar-refractivity contribution is -0.137. The summed E-state index contributed by atoms with van der Waals surface area (Å²) in [4.78, 5) is 24.1. The molecule has 0 bridgehead atoms. The molecule has 2 saturated heterocycles. The fourth-order valence-electron chi connectivity index (χ4n) is 2.41. The minimum absolute atomic E-state index is 0.445. The highest BCUT2D eigenvalue weighted by atomic mass is 35.5. The van der Waals surface area contributed by atoms with Gasteiger partial charge in [-0.15, -0.1) is 12.3 Å². The number of carbonyl (C=O) groups excluding carboxylic acids is 1. The molecule has 0 spiro atoms. The molecule has 8 heteroatoms. The van der Waals surface area contributed by atoms with E-state index in [9.17, 15) is 9.59 Å². The summed E-state index contributed by atoms with van der Waals surface area (Å²) >= 11 is 3.89. The standard InChI is InChI=1S/C11H18N2O2.C6H11NO2.ClH/c1-11(2,3)15-10(14)13-8-4-5-9(13)6-7-12;8-6(9)4-5-2-1-3-7-5;/h9H,4-6,8H2,1-3H3;5,7H,1-4H2,(H,8,9);1H/t9-;5-;/m11./s1/i6D2;4D2;/hD3. The average molecular weight is 383 g/mol. The summed E-state index contributed by atoms with van der Waals surface area (Å²) in [6.07, 6.45) is -2.47. The van der Waals surface area contributed by atoms with Crippen molar-refractivity contribution in [3.8, 4) is 6.07 Å². The Hall–Kier alpha value is -1.52. The van der Waals surface area contributed by atoms with Crippen LogP contribution in [0.25, 0.3) is 1.43 Å². The molecule has 2 fully saturated rings. The number of hydrogen-bond donors (Lipinski definition) is 2. The summed E-state index contributed by atoms with van der Waals surface area (Å²) in [5.74, 6) is -1.23. The Bertz CT molecular complexity index is 674. The molecule has 0 aromatic heterocycles. The number of rotatable bonds is 3. The van der Waals surface area contributed by atoms with E-state index < -0.39 is 42.5 Å². The van der Waals surface area contributed by atoms with Gasteiger partial charge >= 0.3 is 12.1 Å². The van der Waals surface area contributed by atoms with Crippen molar-refractivity contribution in [1.82, 2.24) is 10.2 Å². The molecule has 0 aromatic rings. The Labute approximate surface area is 165 Å². The molecular formula is C17H30ClN3O4. The van der Waals surface area contributed by atoms with Crippen LogP contribution in [-0.2, 0) is 9.53 Å². The molecule has 0 aliphatic carbocycles. The summed E-state index contributed by atoms with van der Waals surface area (Å²) in [7, 11) is 0. The van der Waals surface area contributed by atoms with Gasteiger partial charge in [-0.3, -0.25) is 4.79 Å². The number of aliphatic carboxylic acids is 1. The zero-order valence-corrected chi connectivity index (χ0v) is 15.5. The van der Waals surface area contributed by atoms with Crippen molar-refractivity contribution in [1.29, 1.82) is 7.87 Å². The molecule has 1 amide bonds. The van der Waals surface area contributed by atoms with Gasteiger partial charge in [-0.05, 0) is 53.0 Å². The second-order valence-electron chi connectivity index (χ2n) is 6.58. The molecule has 2 N–H and O–H groups in total. The molecule has 7 nitrogen and oxygen atoms in total. The van der Waals surface area contributed by atoms with Crippen molar-refractivity contribution in [2.75, 3.05) is 13.1 Å². The van der Waals surface area contributed by atoms with Crippen molar-refractivity contribution in [2.45, 2.75) is 76.9 Å². The first-order valence-electron chi connectivity index (χ1n) is 11.2.